The van der Waals surface area contributed by atoms with Crippen LogP contribution in [0.1, 0.15) is 31.2 Å². The van der Waals surface area contributed by atoms with Gasteiger partial charge in [-0.3, -0.25) is 14.6 Å². The standard InChI is InChI=1S/C22H24N6O3/c29-19-11-16(14-28(19)13-15-5-4-8-23-12-15)22(30)24-17-6-7-18(21-20(17)25-31-26-21)27-9-2-1-3-10-27/h4-8,12,16H,1-3,9-11,13-14H2,(H,24,30)/t16-/m0/s1. The van der Waals surface area contributed by atoms with E-state index in [0.29, 0.717) is 29.8 Å². The lowest BCUT2D eigenvalue weighted by Gasteiger charge is -2.28. The largest absolute Gasteiger partial charge is 0.370 e. The van der Waals surface area contributed by atoms with E-state index in [9.17, 15) is 9.59 Å². The topological polar surface area (TPSA) is 104 Å². The molecule has 1 atom stereocenters. The molecule has 0 spiro atoms. The molecule has 1 aromatic carbocycles. The molecule has 9 nitrogen and oxygen atoms in total. The van der Waals surface area contributed by atoms with E-state index in [1.165, 1.54) is 6.42 Å². The molecule has 9 heteroatoms. The van der Waals surface area contributed by atoms with E-state index in [1.807, 2.05) is 24.3 Å². The molecular weight excluding hydrogens is 396 g/mol. The molecule has 2 saturated heterocycles. The minimum absolute atomic E-state index is 0.0299. The summed E-state index contributed by atoms with van der Waals surface area (Å²) in [5.41, 5.74) is 3.67. The SMILES string of the molecule is O=C(Nc1ccc(N2CCCCC2)c2nonc12)[C@H]1CC(=O)N(Cc2cccnc2)C1. The summed E-state index contributed by atoms with van der Waals surface area (Å²) in [5.74, 6) is -0.643. The fourth-order valence-corrected chi connectivity index (χ4v) is 4.39. The van der Waals surface area contributed by atoms with E-state index >= 15 is 0 Å². The third-order valence-corrected chi connectivity index (χ3v) is 6.03. The first-order valence-electron chi connectivity index (χ1n) is 10.7. The Bertz CT molecular complexity index is 1090. The molecule has 2 fully saturated rings. The summed E-state index contributed by atoms with van der Waals surface area (Å²) < 4.78 is 5.00. The van der Waals surface area contributed by atoms with Crippen LogP contribution in [0.15, 0.2) is 41.3 Å². The molecule has 3 aromatic rings. The molecule has 160 valence electrons. The van der Waals surface area contributed by atoms with Gasteiger partial charge in [0.2, 0.25) is 11.8 Å². The van der Waals surface area contributed by atoms with Crippen molar-refractivity contribution in [2.24, 2.45) is 5.92 Å². The van der Waals surface area contributed by atoms with Gasteiger partial charge in [0, 0.05) is 45.0 Å². The van der Waals surface area contributed by atoms with Crippen molar-refractivity contribution in [1.29, 1.82) is 0 Å². The minimum atomic E-state index is -0.416. The second-order valence-corrected chi connectivity index (χ2v) is 8.17. The van der Waals surface area contributed by atoms with E-state index in [4.69, 9.17) is 4.63 Å². The molecule has 2 amide bonds. The van der Waals surface area contributed by atoms with E-state index < -0.39 is 5.92 Å². The number of hydrogen-bond acceptors (Lipinski definition) is 7. The van der Waals surface area contributed by atoms with Crippen LogP contribution < -0.4 is 10.2 Å². The van der Waals surface area contributed by atoms with Crippen molar-refractivity contribution in [3.05, 3.63) is 42.2 Å². The summed E-state index contributed by atoms with van der Waals surface area (Å²) in [5, 5.41) is 11.0. The van der Waals surface area contributed by atoms with Gasteiger partial charge < -0.3 is 15.1 Å². The van der Waals surface area contributed by atoms with E-state index in [-0.39, 0.29) is 18.2 Å². The Balaban J connectivity index is 1.29. The van der Waals surface area contributed by atoms with Gasteiger partial charge in [-0.05, 0) is 53.3 Å². The number of hydrogen-bond donors (Lipinski definition) is 1. The first-order chi connectivity index (χ1) is 15.2. The van der Waals surface area contributed by atoms with Crippen LogP contribution in [0.5, 0.6) is 0 Å². The first kappa shape index (κ1) is 19.5. The Morgan fingerprint density at radius 3 is 2.77 bits per heavy atom. The van der Waals surface area contributed by atoms with Gasteiger partial charge >= 0.3 is 0 Å². The normalized spacial score (nSPS) is 19.2. The number of rotatable bonds is 5. The molecule has 0 bridgehead atoms. The number of benzene rings is 1. The Kier molecular flexibility index (Phi) is 5.23. The number of anilines is 2. The highest BCUT2D eigenvalue weighted by Gasteiger charge is 2.34. The quantitative estimate of drug-likeness (QED) is 0.676. The van der Waals surface area contributed by atoms with Crippen molar-refractivity contribution >= 4 is 34.2 Å². The summed E-state index contributed by atoms with van der Waals surface area (Å²) in [7, 11) is 0. The van der Waals surface area contributed by atoms with Crippen molar-refractivity contribution in [2.45, 2.75) is 32.2 Å². The molecular formula is C22H24N6O3. The van der Waals surface area contributed by atoms with Gasteiger partial charge in [0.1, 0.15) is 0 Å². The van der Waals surface area contributed by atoms with Crippen LogP contribution in [0.2, 0.25) is 0 Å². The number of nitrogens with one attached hydrogen (secondary N) is 1. The first-order valence-corrected chi connectivity index (χ1v) is 10.7. The van der Waals surface area contributed by atoms with Crippen molar-refractivity contribution in [3.8, 4) is 0 Å². The van der Waals surface area contributed by atoms with Gasteiger partial charge in [0.25, 0.3) is 0 Å². The number of nitrogens with zero attached hydrogens (tertiary/aromatic N) is 5. The molecule has 0 unspecified atom stereocenters. The highest BCUT2D eigenvalue weighted by molar-refractivity contribution is 6.04. The van der Waals surface area contributed by atoms with E-state index in [0.717, 1.165) is 37.2 Å². The Labute approximate surface area is 179 Å². The number of carbonyl (C=O) groups is 2. The number of pyridine rings is 1. The molecule has 1 N–H and O–H groups in total. The lowest BCUT2D eigenvalue weighted by molar-refractivity contribution is -0.128. The lowest BCUT2D eigenvalue weighted by Crippen LogP contribution is -2.30. The minimum Gasteiger partial charge on any atom is -0.370 e. The monoisotopic (exact) mass is 420 g/mol. The molecule has 2 aromatic heterocycles. The molecule has 2 aliphatic rings. The second-order valence-electron chi connectivity index (χ2n) is 8.17. The smallest absolute Gasteiger partial charge is 0.229 e. The summed E-state index contributed by atoms with van der Waals surface area (Å²) in [6.45, 7) is 2.79. The summed E-state index contributed by atoms with van der Waals surface area (Å²) in [4.78, 5) is 33.4. The number of likely N-dealkylation sites (tertiary alicyclic amines) is 1. The van der Waals surface area contributed by atoms with Crippen LogP contribution in [-0.2, 0) is 16.1 Å². The number of carbonyl (C=O) groups excluding carboxylic acids is 2. The average molecular weight is 420 g/mol. The highest BCUT2D eigenvalue weighted by Crippen LogP contribution is 2.32. The number of piperidine rings is 1. The van der Waals surface area contributed by atoms with E-state index in [2.05, 4.69) is 25.5 Å². The Morgan fingerprint density at radius 1 is 1.13 bits per heavy atom. The summed E-state index contributed by atoms with van der Waals surface area (Å²) in [6.07, 6.45) is 7.16. The molecule has 0 aliphatic carbocycles. The number of amides is 2. The van der Waals surface area contributed by atoms with Crippen LogP contribution in [0.4, 0.5) is 11.4 Å². The van der Waals surface area contributed by atoms with Gasteiger partial charge in [-0.1, -0.05) is 6.07 Å². The predicted octanol–water partition coefficient (Wildman–Crippen LogP) is 2.60. The lowest BCUT2D eigenvalue weighted by atomic mass is 10.1. The molecule has 0 radical (unpaired) electrons. The maximum absolute atomic E-state index is 12.9. The fourth-order valence-electron chi connectivity index (χ4n) is 4.39. The zero-order valence-electron chi connectivity index (χ0n) is 17.2. The molecule has 31 heavy (non-hydrogen) atoms. The Hall–Kier alpha value is -3.49. The van der Waals surface area contributed by atoms with Gasteiger partial charge in [0.05, 0.1) is 17.3 Å². The van der Waals surface area contributed by atoms with Crippen LogP contribution in [0, 0.1) is 5.92 Å². The van der Waals surface area contributed by atoms with Crippen LogP contribution in [0.3, 0.4) is 0 Å². The summed E-state index contributed by atoms with van der Waals surface area (Å²) >= 11 is 0. The average Bonchev–Trinajstić information content (AvgIpc) is 3.43. The maximum atomic E-state index is 12.9. The maximum Gasteiger partial charge on any atom is 0.229 e. The molecule has 2 aliphatic heterocycles. The van der Waals surface area contributed by atoms with Crippen LogP contribution in [-0.4, -0.2) is 51.6 Å². The van der Waals surface area contributed by atoms with Crippen molar-refractivity contribution < 1.29 is 14.2 Å². The third-order valence-electron chi connectivity index (χ3n) is 6.03. The second kappa shape index (κ2) is 8.33. The van der Waals surface area contributed by atoms with Crippen LogP contribution in [0.25, 0.3) is 11.0 Å². The molecule has 5 rings (SSSR count). The zero-order chi connectivity index (χ0) is 21.2. The van der Waals surface area contributed by atoms with Crippen molar-refractivity contribution in [1.82, 2.24) is 20.2 Å². The Morgan fingerprint density at radius 2 is 1.97 bits per heavy atom. The highest BCUT2D eigenvalue weighted by atomic mass is 16.6. The molecule has 4 heterocycles. The van der Waals surface area contributed by atoms with Crippen molar-refractivity contribution in [3.63, 3.8) is 0 Å². The predicted molar refractivity (Wildman–Crippen MR) is 114 cm³/mol. The number of fused-ring (bicyclic) bond motifs is 1. The number of aromatic nitrogens is 3. The summed E-state index contributed by atoms with van der Waals surface area (Å²) in [6, 6.07) is 7.57. The van der Waals surface area contributed by atoms with E-state index in [1.54, 1.807) is 17.3 Å². The van der Waals surface area contributed by atoms with Gasteiger partial charge in [0.15, 0.2) is 11.0 Å². The molecule has 0 saturated carbocycles. The fraction of sp³-hybridized carbons (Fsp3) is 0.409. The van der Waals surface area contributed by atoms with Gasteiger partial charge in [-0.15, -0.1) is 0 Å². The van der Waals surface area contributed by atoms with Crippen LogP contribution >= 0.6 is 0 Å². The third kappa shape index (κ3) is 3.95. The van der Waals surface area contributed by atoms with Gasteiger partial charge in [-0.2, -0.15) is 0 Å². The zero-order valence-corrected chi connectivity index (χ0v) is 17.2. The van der Waals surface area contributed by atoms with Gasteiger partial charge in [-0.25, -0.2) is 4.63 Å². The van der Waals surface area contributed by atoms with Crippen molar-refractivity contribution in [2.75, 3.05) is 29.9 Å².